The first kappa shape index (κ1) is 32.4. The van der Waals surface area contributed by atoms with Crippen molar-refractivity contribution in [3.8, 4) is 0 Å². The molecule has 1 aliphatic heterocycles. The molecule has 1 aliphatic carbocycles. The first-order chi connectivity index (χ1) is 14.7. The van der Waals surface area contributed by atoms with Gasteiger partial charge in [-0.15, -0.1) is 0 Å². The summed E-state index contributed by atoms with van der Waals surface area (Å²) in [5.74, 6) is 0.531. The fourth-order valence-corrected chi connectivity index (χ4v) is 3.50. The molecule has 2 unspecified atom stereocenters. The third-order valence-electron chi connectivity index (χ3n) is 4.05. The van der Waals surface area contributed by atoms with Crippen LogP contribution in [0, 0.1) is 39.2 Å². The maximum absolute atomic E-state index is 7.50. The van der Waals surface area contributed by atoms with Crippen LogP contribution in [0.4, 0.5) is 0 Å². The first-order valence-corrected chi connectivity index (χ1v) is 8.56. The summed E-state index contributed by atoms with van der Waals surface area (Å²) in [6.07, 6.45) is 3.58. The average Bonchev–Trinajstić information content (AvgIpc) is 3.23. The van der Waals surface area contributed by atoms with E-state index in [0.717, 1.165) is 17.6 Å². The summed E-state index contributed by atoms with van der Waals surface area (Å²) >= 11 is 3.02. The first-order valence-electron chi connectivity index (χ1n) is 7.92. The van der Waals surface area contributed by atoms with Crippen LogP contribution in [0.3, 0.4) is 0 Å². The van der Waals surface area contributed by atoms with Crippen LogP contribution < -0.4 is 0 Å². The van der Waals surface area contributed by atoms with Gasteiger partial charge in [0.25, 0.3) is 0 Å². The number of benzene rings is 1. The summed E-state index contributed by atoms with van der Waals surface area (Å²) in [6.45, 7) is 25.5. The Balaban J connectivity index is -0.000000642. The topological polar surface area (TPSA) is 118 Å². The van der Waals surface area contributed by atoms with Gasteiger partial charge in [0.05, 0.1) is 0 Å². The third kappa shape index (κ3) is 9.03. The van der Waals surface area contributed by atoms with Crippen LogP contribution in [0.2, 0.25) is 0 Å². The summed E-state index contributed by atoms with van der Waals surface area (Å²) in [5, 5.41) is 0. The Kier molecular flexibility index (Phi) is 23.1. The van der Waals surface area contributed by atoms with Crippen molar-refractivity contribution in [2.24, 2.45) is 5.92 Å². The molecule has 8 heteroatoms. The minimum absolute atomic E-state index is 0.223. The van der Waals surface area contributed by atoms with Gasteiger partial charge in [-0.1, -0.05) is 0 Å². The van der Waals surface area contributed by atoms with Crippen LogP contribution in [-0.4, -0.2) is 24.4 Å². The fraction of sp³-hybridized carbons (Fsp3) is 0.273. The minimum atomic E-state index is 0.223. The molecular formula is C22H18CrO7. The summed E-state index contributed by atoms with van der Waals surface area (Å²) in [5.41, 5.74) is 5.15. The average molecular weight is 446 g/mol. The number of allylic oxidation sites excluding steroid dienone is 1. The van der Waals surface area contributed by atoms with Crippen molar-refractivity contribution >= 4 is 10.6 Å². The van der Waals surface area contributed by atoms with Crippen molar-refractivity contribution in [3.05, 3.63) is 85.9 Å². The number of ether oxygens (including phenoxy) is 2. The predicted molar refractivity (Wildman–Crippen MR) is 96.6 cm³/mol. The summed E-state index contributed by atoms with van der Waals surface area (Å²) in [4.78, 5) is 0. The Labute approximate surface area is 184 Å². The van der Waals surface area contributed by atoms with E-state index in [1.807, 2.05) is 6.07 Å². The van der Waals surface area contributed by atoms with E-state index < -0.39 is 0 Å². The van der Waals surface area contributed by atoms with E-state index in [4.69, 9.17) is 32.7 Å². The molecule has 1 aromatic carbocycles. The second-order valence-electron chi connectivity index (χ2n) is 5.24. The molecule has 3 rings (SSSR count). The SMILES string of the molecule is CO[C](=[Cr])C1=C(/C(C)=C/c2ccccc2)C2CCOC12.[C-]#[O+].[C-]#[O+].[C-]#[O+].[C-]#[O+].[C-]#[O+]. The van der Waals surface area contributed by atoms with Crippen LogP contribution >= 0.6 is 0 Å². The molecule has 2 atom stereocenters. The Bertz CT molecular complexity index is 763. The molecular weight excluding hydrogens is 428 g/mol. The molecule has 0 amide bonds. The van der Waals surface area contributed by atoms with Crippen LogP contribution in [0.5, 0.6) is 0 Å². The molecule has 0 bridgehead atoms. The number of fused-ring (bicyclic) bond motifs is 1. The molecule has 1 heterocycles. The zero-order chi connectivity index (χ0) is 24.1. The van der Waals surface area contributed by atoms with Crippen molar-refractivity contribution in [1.29, 1.82) is 0 Å². The zero-order valence-electron chi connectivity index (χ0n) is 16.3. The molecule has 0 aromatic heterocycles. The standard InChI is InChI=1S/C17H18O2.5CO.Cr/c1-12(10-13-6-4-3-5-7-13)16-14-8-9-19-17(14)15(16)11-18-2;5*1-2;/h3-7,10,14,17H,8-9H2,1-2H3;;;;;;/b12-10+;;;;;;. The Hall–Kier alpha value is -2.28. The van der Waals surface area contributed by atoms with E-state index in [0.29, 0.717) is 5.92 Å². The van der Waals surface area contributed by atoms with E-state index in [1.54, 1.807) is 7.11 Å². The second kappa shape index (κ2) is 21.4. The van der Waals surface area contributed by atoms with Gasteiger partial charge in [-0.2, -0.15) is 0 Å². The molecule has 1 fully saturated rings. The molecule has 0 radical (unpaired) electrons. The van der Waals surface area contributed by atoms with E-state index in [2.05, 4.69) is 86.4 Å². The second-order valence-corrected chi connectivity index (χ2v) is 5.82. The molecule has 0 saturated carbocycles. The van der Waals surface area contributed by atoms with Crippen LogP contribution in [0.15, 0.2) is 47.1 Å². The fourth-order valence-electron chi connectivity index (χ4n) is 3.14. The summed E-state index contributed by atoms with van der Waals surface area (Å²) in [7, 11) is 1.70. The Morgan fingerprint density at radius 2 is 1.47 bits per heavy atom. The Morgan fingerprint density at radius 1 is 0.967 bits per heavy atom. The van der Waals surface area contributed by atoms with Crippen molar-refractivity contribution in [2.45, 2.75) is 19.4 Å². The molecule has 30 heavy (non-hydrogen) atoms. The summed E-state index contributed by atoms with van der Waals surface area (Å²) in [6, 6.07) is 10.4. The molecule has 2 aliphatic rings. The molecule has 154 valence electrons. The van der Waals surface area contributed by atoms with Gasteiger partial charge in [-0.05, 0) is 0 Å². The molecule has 0 N–H and O–H groups in total. The predicted octanol–water partition coefficient (Wildman–Crippen LogP) is 2.94. The van der Waals surface area contributed by atoms with Gasteiger partial charge < -0.3 is 0 Å². The Morgan fingerprint density at radius 3 is 1.93 bits per heavy atom. The van der Waals surface area contributed by atoms with Crippen molar-refractivity contribution in [1.82, 2.24) is 0 Å². The van der Waals surface area contributed by atoms with Gasteiger partial charge in [0.2, 0.25) is 0 Å². The van der Waals surface area contributed by atoms with Crippen molar-refractivity contribution in [2.75, 3.05) is 13.7 Å². The quantitative estimate of drug-likeness (QED) is 0.522. The molecule has 1 aromatic rings. The number of hydrogen-bond acceptors (Lipinski definition) is 2. The van der Waals surface area contributed by atoms with Gasteiger partial charge in [-0.3, -0.25) is 0 Å². The van der Waals surface area contributed by atoms with E-state index in [1.165, 1.54) is 22.3 Å². The van der Waals surface area contributed by atoms with Gasteiger partial charge in [-0.25, -0.2) is 0 Å². The van der Waals surface area contributed by atoms with Crippen molar-refractivity contribution in [3.63, 3.8) is 0 Å². The normalized spacial score (nSPS) is 17.3. The number of hydrogen-bond donors (Lipinski definition) is 0. The van der Waals surface area contributed by atoms with Gasteiger partial charge >= 0.3 is 184 Å². The van der Waals surface area contributed by atoms with Crippen LogP contribution in [0.25, 0.3) is 6.08 Å². The van der Waals surface area contributed by atoms with E-state index in [9.17, 15) is 0 Å². The molecule has 0 spiro atoms. The number of rotatable bonds is 4. The van der Waals surface area contributed by atoms with Crippen LogP contribution in [-0.2, 0) is 48.6 Å². The molecule has 7 nitrogen and oxygen atoms in total. The van der Waals surface area contributed by atoms with Crippen molar-refractivity contribution < 1.29 is 48.6 Å². The van der Waals surface area contributed by atoms with E-state index in [-0.39, 0.29) is 6.10 Å². The van der Waals surface area contributed by atoms with Crippen LogP contribution in [0.1, 0.15) is 18.9 Å². The summed E-state index contributed by atoms with van der Waals surface area (Å²) < 4.78 is 49.6. The van der Waals surface area contributed by atoms with E-state index >= 15 is 0 Å². The number of methoxy groups -OCH3 is 1. The maximum atomic E-state index is 7.50. The third-order valence-corrected chi connectivity index (χ3v) is 4.65. The van der Waals surface area contributed by atoms with Gasteiger partial charge in [0.1, 0.15) is 0 Å². The zero-order valence-corrected chi connectivity index (χ0v) is 17.6. The van der Waals surface area contributed by atoms with Gasteiger partial charge in [0.15, 0.2) is 0 Å². The molecule has 1 saturated heterocycles. The van der Waals surface area contributed by atoms with Gasteiger partial charge in [0, 0.05) is 0 Å². The monoisotopic (exact) mass is 446 g/mol.